The van der Waals surface area contributed by atoms with Crippen molar-refractivity contribution >= 4 is 11.8 Å². The Balaban J connectivity index is 1.75. The van der Waals surface area contributed by atoms with Crippen LogP contribution >= 0.6 is 0 Å². The lowest BCUT2D eigenvalue weighted by Gasteiger charge is -2.37. The summed E-state index contributed by atoms with van der Waals surface area (Å²) in [6, 6.07) is 0.817. The highest BCUT2D eigenvalue weighted by molar-refractivity contribution is 5.79. The van der Waals surface area contributed by atoms with E-state index in [-0.39, 0.29) is 11.8 Å². The van der Waals surface area contributed by atoms with Crippen LogP contribution < -0.4 is 5.73 Å². The van der Waals surface area contributed by atoms with Crippen LogP contribution in [0.1, 0.15) is 32.6 Å². The van der Waals surface area contributed by atoms with Crippen LogP contribution in [0.15, 0.2) is 0 Å². The highest BCUT2D eigenvalue weighted by Crippen LogP contribution is 2.21. The van der Waals surface area contributed by atoms with E-state index in [0.29, 0.717) is 44.8 Å². The molecular weight excluding hydrogens is 268 g/mol. The second-order valence-electron chi connectivity index (χ2n) is 6.37. The van der Waals surface area contributed by atoms with Gasteiger partial charge in [-0.15, -0.1) is 0 Å². The van der Waals surface area contributed by atoms with Crippen LogP contribution in [0.3, 0.4) is 0 Å². The molecule has 2 aliphatic rings. The molecule has 1 saturated carbocycles. The van der Waals surface area contributed by atoms with Gasteiger partial charge in [0.2, 0.25) is 11.8 Å². The monoisotopic (exact) mass is 296 g/mol. The van der Waals surface area contributed by atoms with E-state index < -0.39 is 0 Å². The zero-order valence-electron chi connectivity index (χ0n) is 13.3. The number of carbonyl (C=O) groups excluding carboxylic acids is 2. The maximum Gasteiger partial charge on any atom is 0.236 e. The van der Waals surface area contributed by atoms with E-state index >= 15 is 0 Å². The maximum atomic E-state index is 12.3. The van der Waals surface area contributed by atoms with Crippen molar-refractivity contribution in [2.75, 3.05) is 39.8 Å². The molecule has 0 aromatic rings. The summed E-state index contributed by atoms with van der Waals surface area (Å²) in [6.07, 6.45) is 4.28. The van der Waals surface area contributed by atoms with Crippen LogP contribution in [0.4, 0.5) is 0 Å². The van der Waals surface area contributed by atoms with Crippen molar-refractivity contribution in [1.29, 1.82) is 0 Å². The topological polar surface area (TPSA) is 69.9 Å². The van der Waals surface area contributed by atoms with Crippen LogP contribution in [0.2, 0.25) is 0 Å². The predicted molar refractivity (Wildman–Crippen MR) is 81.7 cm³/mol. The van der Waals surface area contributed by atoms with Gasteiger partial charge in [0.25, 0.3) is 0 Å². The summed E-state index contributed by atoms with van der Waals surface area (Å²) in [5.74, 6) is 0.272. The molecule has 0 bridgehead atoms. The average molecular weight is 296 g/mol. The number of carbonyl (C=O) groups is 2. The summed E-state index contributed by atoms with van der Waals surface area (Å²) in [5, 5.41) is 0. The van der Waals surface area contributed by atoms with E-state index in [1.54, 1.807) is 11.8 Å². The highest BCUT2D eigenvalue weighted by atomic mass is 16.2. The number of likely N-dealkylation sites (N-methyl/N-ethyl adjacent to an activating group) is 1. The first-order chi connectivity index (χ1) is 9.97. The second-order valence-corrected chi connectivity index (χ2v) is 6.37. The Hall–Kier alpha value is -1.14. The summed E-state index contributed by atoms with van der Waals surface area (Å²) < 4.78 is 0. The third-order valence-electron chi connectivity index (χ3n) is 4.83. The normalized spacial score (nSPS) is 27.0. The number of hydrogen-bond acceptors (Lipinski definition) is 4. The van der Waals surface area contributed by atoms with Gasteiger partial charge in [0.15, 0.2) is 0 Å². The Kier molecular flexibility index (Phi) is 5.58. The molecule has 21 heavy (non-hydrogen) atoms. The van der Waals surface area contributed by atoms with Crippen molar-refractivity contribution in [2.45, 2.75) is 44.7 Å². The van der Waals surface area contributed by atoms with Gasteiger partial charge in [0.1, 0.15) is 0 Å². The van der Waals surface area contributed by atoms with Crippen LogP contribution in [0.5, 0.6) is 0 Å². The average Bonchev–Trinajstić information content (AvgIpc) is 2.47. The predicted octanol–water partition coefficient (Wildman–Crippen LogP) is -0.121. The van der Waals surface area contributed by atoms with E-state index in [2.05, 4.69) is 4.90 Å². The van der Waals surface area contributed by atoms with Gasteiger partial charge < -0.3 is 15.5 Å². The van der Waals surface area contributed by atoms with Gasteiger partial charge in [0.05, 0.1) is 6.54 Å². The molecule has 1 saturated heterocycles. The van der Waals surface area contributed by atoms with E-state index in [0.717, 1.165) is 25.7 Å². The number of rotatable bonds is 3. The minimum Gasteiger partial charge on any atom is -0.339 e. The molecule has 0 aromatic heterocycles. The number of nitrogens with zero attached hydrogens (tertiary/aromatic N) is 3. The second kappa shape index (κ2) is 7.22. The van der Waals surface area contributed by atoms with Gasteiger partial charge >= 0.3 is 0 Å². The molecule has 1 aliphatic heterocycles. The fraction of sp³-hybridized carbons (Fsp3) is 0.867. The van der Waals surface area contributed by atoms with Gasteiger partial charge in [-0.3, -0.25) is 14.5 Å². The number of piperazine rings is 1. The van der Waals surface area contributed by atoms with Gasteiger partial charge in [-0.25, -0.2) is 0 Å². The molecule has 6 nitrogen and oxygen atoms in total. The van der Waals surface area contributed by atoms with E-state index in [1.165, 1.54) is 0 Å². The first kappa shape index (κ1) is 16.2. The molecule has 0 atom stereocenters. The van der Waals surface area contributed by atoms with Crippen LogP contribution in [-0.4, -0.2) is 78.4 Å². The summed E-state index contributed by atoms with van der Waals surface area (Å²) >= 11 is 0. The fourth-order valence-corrected chi connectivity index (χ4v) is 3.26. The molecule has 0 aromatic carbocycles. The van der Waals surface area contributed by atoms with Crippen molar-refractivity contribution in [1.82, 2.24) is 14.7 Å². The molecule has 120 valence electrons. The molecule has 1 aliphatic carbocycles. The Morgan fingerprint density at radius 1 is 1.05 bits per heavy atom. The summed E-state index contributed by atoms with van der Waals surface area (Å²) in [5.41, 5.74) is 5.93. The van der Waals surface area contributed by atoms with Crippen LogP contribution in [0.25, 0.3) is 0 Å². The van der Waals surface area contributed by atoms with Crippen molar-refractivity contribution in [3.8, 4) is 0 Å². The molecule has 6 heteroatoms. The molecular formula is C15H28N4O2. The Labute approximate surface area is 127 Å². The molecule has 0 radical (unpaired) electrons. The highest BCUT2D eigenvalue weighted by Gasteiger charge is 2.26. The minimum absolute atomic E-state index is 0.0951. The third kappa shape index (κ3) is 4.41. The fourth-order valence-electron chi connectivity index (χ4n) is 3.26. The van der Waals surface area contributed by atoms with E-state index in [9.17, 15) is 9.59 Å². The molecule has 2 rings (SSSR count). The van der Waals surface area contributed by atoms with E-state index in [1.807, 2.05) is 11.9 Å². The first-order valence-corrected chi connectivity index (χ1v) is 7.96. The first-order valence-electron chi connectivity index (χ1n) is 7.96. The zero-order valence-corrected chi connectivity index (χ0v) is 13.3. The summed E-state index contributed by atoms with van der Waals surface area (Å²) in [6.45, 7) is 4.68. The summed E-state index contributed by atoms with van der Waals surface area (Å²) in [7, 11) is 2.03. The van der Waals surface area contributed by atoms with Gasteiger partial charge in [0, 0.05) is 45.2 Å². The lowest BCUT2D eigenvalue weighted by Crippen LogP contribution is -2.53. The van der Waals surface area contributed by atoms with E-state index in [4.69, 9.17) is 5.73 Å². The largest absolute Gasteiger partial charge is 0.339 e. The smallest absolute Gasteiger partial charge is 0.236 e. The Morgan fingerprint density at radius 2 is 1.57 bits per heavy atom. The van der Waals surface area contributed by atoms with Crippen LogP contribution in [0, 0.1) is 0 Å². The lowest BCUT2D eigenvalue weighted by atomic mass is 9.91. The van der Waals surface area contributed by atoms with Crippen molar-refractivity contribution in [2.24, 2.45) is 5.73 Å². The molecule has 2 fully saturated rings. The molecule has 2 N–H and O–H groups in total. The lowest BCUT2D eigenvalue weighted by molar-refractivity contribution is -0.139. The zero-order chi connectivity index (χ0) is 15.4. The Bertz CT molecular complexity index is 372. The maximum absolute atomic E-state index is 12.3. The summed E-state index contributed by atoms with van der Waals surface area (Å²) in [4.78, 5) is 29.5. The SMILES string of the molecule is CC(=O)N1CCN(C(=O)CN(C)C2CCC(N)CC2)CC1. The van der Waals surface area contributed by atoms with Crippen molar-refractivity contribution in [3.63, 3.8) is 0 Å². The Morgan fingerprint density at radius 3 is 2.10 bits per heavy atom. The number of hydrogen-bond donors (Lipinski definition) is 1. The van der Waals surface area contributed by atoms with Crippen molar-refractivity contribution < 1.29 is 9.59 Å². The van der Waals surface area contributed by atoms with Gasteiger partial charge in [-0.05, 0) is 32.7 Å². The number of nitrogens with two attached hydrogens (primary N) is 1. The quantitative estimate of drug-likeness (QED) is 0.788. The third-order valence-corrected chi connectivity index (χ3v) is 4.83. The van der Waals surface area contributed by atoms with Crippen molar-refractivity contribution in [3.05, 3.63) is 0 Å². The van der Waals surface area contributed by atoms with Gasteiger partial charge in [-0.2, -0.15) is 0 Å². The number of amides is 2. The molecule has 0 spiro atoms. The molecule has 1 heterocycles. The van der Waals surface area contributed by atoms with Gasteiger partial charge in [-0.1, -0.05) is 0 Å². The standard InChI is InChI=1S/C15H28N4O2/c1-12(20)18-7-9-19(10-8-18)15(21)11-17(2)14-5-3-13(16)4-6-14/h13-14H,3-11,16H2,1-2H3. The molecule has 0 unspecified atom stereocenters. The molecule has 2 amide bonds. The van der Waals surface area contributed by atoms with Crippen LogP contribution in [-0.2, 0) is 9.59 Å². The minimum atomic E-state index is 0.0951.